The Morgan fingerprint density at radius 3 is 2.52 bits per heavy atom. The Labute approximate surface area is 267 Å². The van der Waals surface area contributed by atoms with E-state index in [0.717, 1.165) is 29.9 Å². The first-order chi connectivity index (χ1) is 21.7. The van der Waals surface area contributed by atoms with Crippen molar-refractivity contribution in [3.63, 3.8) is 0 Å². The Balaban J connectivity index is 1.19. The van der Waals surface area contributed by atoms with Gasteiger partial charge in [-0.05, 0) is 85.9 Å². The van der Waals surface area contributed by atoms with Crippen LogP contribution in [0.1, 0.15) is 65.7 Å². The third-order valence-corrected chi connectivity index (χ3v) is 12.9. The lowest BCUT2D eigenvalue weighted by molar-refractivity contribution is -0.141. The highest BCUT2D eigenvalue weighted by atomic mass is 32.2. The van der Waals surface area contributed by atoms with Gasteiger partial charge >= 0.3 is 13.3 Å². The van der Waals surface area contributed by atoms with Crippen LogP contribution in [0.25, 0.3) is 10.1 Å². The maximum atomic E-state index is 14.3. The number of nitrogens with zero attached hydrogens (tertiary/aromatic N) is 1. The van der Waals surface area contributed by atoms with Crippen molar-refractivity contribution >= 4 is 62.3 Å². The molecule has 2 fully saturated rings. The van der Waals surface area contributed by atoms with Crippen LogP contribution in [0.2, 0.25) is 0 Å². The van der Waals surface area contributed by atoms with Crippen molar-refractivity contribution in [1.29, 1.82) is 0 Å². The van der Waals surface area contributed by atoms with Crippen molar-refractivity contribution in [1.82, 2.24) is 10.2 Å². The van der Waals surface area contributed by atoms with E-state index in [0.29, 0.717) is 60.9 Å². The number of carbonyl (C=O) groups is 3. The van der Waals surface area contributed by atoms with Crippen LogP contribution in [0.15, 0.2) is 47.4 Å². The van der Waals surface area contributed by atoms with Gasteiger partial charge in [-0.25, -0.2) is 8.42 Å². The molecule has 3 aromatic rings. The molecule has 4 heterocycles. The van der Waals surface area contributed by atoms with Crippen LogP contribution in [-0.2, 0) is 36.1 Å². The van der Waals surface area contributed by atoms with Crippen LogP contribution >= 0.6 is 18.9 Å². The second kappa shape index (κ2) is 12.1. The summed E-state index contributed by atoms with van der Waals surface area (Å²) in [5.41, 5.74) is -4.18. The number of thiophene rings is 1. The molecule has 0 aliphatic carbocycles. The number of fused-ring (bicyclic) bond motifs is 3. The zero-order chi connectivity index (χ0) is 33.0. The molecule has 46 heavy (non-hydrogen) atoms. The summed E-state index contributed by atoms with van der Waals surface area (Å²) in [6.07, 6.45) is 4.63. The predicted molar refractivity (Wildman–Crippen MR) is 167 cm³/mol. The highest BCUT2D eigenvalue weighted by molar-refractivity contribution is 7.91. The van der Waals surface area contributed by atoms with E-state index in [2.05, 4.69) is 10.6 Å². The number of halogens is 2. The molecule has 2 aromatic carbocycles. The lowest BCUT2D eigenvalue weighted by atomic mass is 9.99. The van der Waals surface area contributed by atoms with Gasteiger partial charge in [-0.2, -0.15) is 8.78 Å². The minimum absolute atomic E-state index is 0.0894. The molecule has 3 amide bonds. The predicted octanol–water partition coefficient (Wildman–Crippen LogP) is 4.52. The van der Waals surface area contributed by atoms with Gasteiger partial charge in [0, 0.05) is 22.0 Å². The minimum atomic E-state index is -5.77. The third kappa shape index (κ3) is 6.11. The Morgan fingerprint density at radius 1 is 1.00 bits per heavy atom. The largest absolute Gasteiger partial charge is 0.399 e. The quantitative estimate of drug-likeness (QED) is 0.273. The third-order valence-electron chi connectivity index (χ3n) is 8.92. The second-order valence-corrected chi connectivity index (χ2v) is 16.8. The zero-order valence-electron chi connectivity index (χ0n) is 24.4. The first kappa shape index (κ1) is 32.7. The molecule has 0 saturated carbocycles. The van der Waals surface area contributed by atoms with Gasteiger partial charge in [-0.1, -0.05) is 18.9 Å². The Hall–Kier alpha value is -3.23. The highest BCUT2D eigenvalue weighted by Gasteiger charge is 2.50. The molecule has 2 saturated heterocycles. The number of anilines is 1. The molecule has 0 spiro atoms. The first-order valence-corrected chi connectivity index (χ1v) is 19.0. The number of aryl methyl sites for hydroxylation is 1. The summed E-state index contributed by atoms with van der Waals surface area (Å²) < 4.78 is 65.0. The number of hydrogen-bond donors (Lipinski definition) is 4. The van der Waals surface area contributed by atoms with E-state index in [-0.39, 0.29) is 27.0 Å². The van der Waals surface area contributed by atoms with Gasteiger partial charge in [-0.3, -0.25) is 18.9 Å². The summed E-state index contributed by atoms with van der Waals surface area (Å²) in [5.74, 6) is -1.31. The smallest absolute Gasteiger partial charge is 0.340 e. The van der Waals surface area contributed by atoms with Crippen molar-refractivity contribution in [3.8, 4) is 0 Å². The number of hydrogen-bond acceptors (Lipinski definition) is 7. The fraction of sp³-hybridized carbons (Fsp3) is 0.433. The van der Waals surface area contributed by atoms with Gasteiger partial charge in [0.05, 0.1) is 15.5 Å². The first-order valence-electron chi connectivity index (χ1n) is 14.9. The maximum absolute atomic E-state index is 14.3. The summed E-state index contributed by atoms with van der Waals surface area (Å²) in [7, 11) is -9.12. The van der Waals surface area contributed by atoms with Crippen molar-refractivity contribution in [2.75, 3.05) is 11.1 Å². The number of amides is 3. The van der Waals surface area contributed by atoms with E-state index in [9.17, 15) is 36.1 Å². The van der Waals surface area contributed by atoms with Crippen molar-refractivity contribution in [2.45, 2.75) is 80.1 Å². The summed E-state index contributed by atoms with van der Waals surface area (Å²) in [4.78, 5) is 60.9. The van der Waals surface area contributed by atoms with Gasteiger partial charge in [0.2, 0.25) is 11.8 Å². The van der Waals surface area contributed by atoms with E-state index in [4.69, 9.17) is 9.79 Å². The van der Waals surface area contributed by atoms with Crippen LogP contribution in [0.3, 0.4) is 0 Å². The van der Waals surface area contributed by atoms with Crippen LogP contribution in [0.5, 0.6) is 0 Å². The molecule has 3 aliphatic rings. The Kier molecular flexibility index (Phi) is 8.60. The van der Waals surface area contributed by atoms with Gasteiger partial charge < -0.3 is 25.3 Å². The number of alkyl halides is 2. The summed E-state index contributed by atoms with van der Waals surface area (Å²) in [6, 6.07) is 7.24. The normalized spacial score (nSPS) is 23.3. The standard InChI is InChI=1S/C30H32F2N3O8PS2/c31-30(32,44(39,40)41)19-7-11-24-18(14-19)16-25(45-24)28(37)34-22-6-2-1-5-21-9-10-23(35(21)29(22)38)27(36)33-20-8-12-26-17(15-20)4-3-13-46(26,42)43/h7-8,11-12,14-16,21-23H,1-6,9-10,13H2,(H,33,36)(H,34,37)(H2,39,40,41)/t21?,22-,23-/m0/s1. The van der Waals surface area contributed by atoms with Gasteiger partial charge in [0.25, 0.3) is 5.91 Å². The monoisotopic (exact) mass is 695 g/mol. The van der Waals surface area contributed by atoms with Crippen LogP contribution in [0, 0.1) is 0 Å². The molecule has 6 rings (SSSR count). The Morgan fingerprint density at radius 2 is 1.76 bits per heavy atom. The molecular weight excluding hydrogens is 663 g/mol. The molecule has 1 aromatic heterocycles. The number of benzene rings is 2. The van der Waals surface area contributed by atoms with Crippen molar-refractivity contribution in [2.24, 2.45) is 0 Å². The van der Waals surface area contributed by atoms with Gasteiger partial charge in [-0.15, -0.1) is 11.3 Å². The molecule has 0 radical (unpaired) electrons. The lowest BCUT2D eigenvalue weighted by Crippen LogP contribution is -2.55. The van der Waals surface area contributed by atoms with E-state index >= 15 is 0 Å². The van der Waals surface area contributed by atoms with E-state index in [1.165, 1.54) is 18.2 Å². The summed E-state index contributed by atoms with van der Waals surface area (Å²) in [6.45, 7) is 0. The molecule has 0 bridgehead atoms. The van der Waals surface area contributed by atoms with Gasteiger partial charge in [0.1, 0.15) is 12.1 Å². The number of nitrogens with one attached hydrogen (secondary N) is 2. The van der Waals surface area contributed by atoms with Crippen molar-refractivity contribution < 1.29 is 45.9 Å². The molecule has 246 valence electrons. The lowest BCUT2D eigenvalue weighted by Gasteiger charge is -2.35. The average molecular weight is 696 g/mol. The Bertz CT molecular complexity index is 1890. The second-order valence-electron chi connectivity index (χ2n) is 12.0. The highest BCUT2D eigenvalue weighted by Crippen LogP contribution is 2.59. The van der Waals surface area contributed by atoms with Crippen LogP contribution in [0.4, 0.5) is 14.5 Å². The summed E-state index contributed by atoms with van der Waals surface area (Å²) in [5, 5.41) is 5.82. The fourth-order valence-corrected chi connectivity index (χ4v) is 9.61. The molecular formula is C30H32F2N3O8PS2. The molecule has 3 atom stereocenters. The van der Waals surface area contributed by atoms with E-state index < -0.39 is 58.5 Å². The molecule has 3 aliphatic heterocycles. The fourth-order valence-electron chi connectivity index (χ4n) is 6.61. The average Bonchev–Trinajstić information content (AvgIpc) is 3.60. The summed E-state index contributed by atoms with van der Waals surface area (Å²) >= 11 is 0.989. The van der Waals surface area contributed by atoms with E-state index in [1.807, 2.05) is 0 Å². The minimum Gasteiger partial charge on any atom is -0.340 e. The van der Waals surface area contributed by atoms with E-state index in [1.54, 1.807) is 17.0 Å². The SMILES string of the molecule is O=C(N[C@H]1CCCCC2CC[C@@H](C(=O)Nc3ccc4c(c3)CCCS4(=O)=O)N2C1=O)c1cc2cc(C(F)(F)P(=O)(O)O)ccc2s1. The van der Waals surface area contributed by atoms with Crippen LogP contribution in [-0.4, -0.2) is 64.7 Å². The molecule has 4 N–H and O–H groups in total. The number of sulfone groups is 1. The molecule has 16 heteroatoms. The van der Waals surface area contributed by atoms with Gasteiger partial charge in [0.15, 0.2) is 9.84 Å². The van der Waals surface area contributed by atoms with Crippen molar-refractivity contribution in [3.05, 3.63) is 58.5 Å². The maximum Gasteiger partial charge on any atom is 0.399 e. The van der Waals surface area contributed by atoms with Crippen LogP contribution < -0.4 is 10.6 Å². The number of carbonyl (C=O) groups excluding carboxylic acids is 3. The zero-order valence-corrected chi connectivity index (χ0v) is 27.0. The number of rotatable bonds is 6. The topological polar surface area (TPSA) is 170 Å². The molecule has 1 unspecified atom stereocenters. The molecule has 11 nitrogen and oxygen atoms in total.